The van der Waals surface area contributed by atoms with Gasteiger partial charge in [0.15, 0.2) is 0 Å². The third-order valence-corrected chi connectivity index (χ3v) is 3.78. The van der Waals surface area contributed by atoms with E-state index in [1.807, 2.05) is 67.6 Å². The number of hydrogen-bond acceptors (Lipinski definition) is 3. The van der Waals surface area contributed by atoms with E-state index in [9.17, 15) is 4.79 Å². The number of hydrazine groups is 1. The standard InChI is InChI=1S/C18H17N3O/c1-12-11-16(20-15-10-6-5-9-14(12)15)17(18(22)21-19)13-7-3-2-4-8-13/h2-11,17H,19H2,1H3,(H,21,22). The van der Waals surface area contributed by atoms with Gasteiger partial charge in [-0.1, -0.05) is 48.5 Å². The van der Waals surface area contributed by atoms with E-state index >= 15 is 0 Å². The largest absolute Gasteiger partial charge is 0.293 e. The van der Waals surface area contributed by atoms with Gasteiger partial charge in [0, 0.05) is 5.39 Å². The molecule has 1 amide bonds. The number of nitrogens with one attached hydrogen (secondary N) is 1. The molecule has 2 aromatic carbocycles. The lowest BCUT2D eigenvalue weighted by Crippen LogP contribution is -2.35. The summed E-state index contributed by atoms with van der Waals surface area (Å²) in [6.45, 7) is 2.02. The summed E-state index contributed by atoms with van der Waals surface area (Å²) in [6.07, 6.45) is 0. The lowest BCUT2D eigenvalue weighted by molar-refractivity contribution is -0.121. The molecule has 0 aliphatic carbocycles. The maximum Gasteiger partial charge on any atom is 0.247 e. The molecule has 0 aliphatic rings. The molecule has 3 rings (SSSR count). The summed E-state index contributed by atoms with van der Waals surface area (Å²) >= 11 is 0. The number of aromatic nitrogens is 1. The Morgan fingerprint density at radius 2 is 1.77 bits per heavy atom. The van der Waals surface area contributed by atoms with E-state index in [1.165, 1.54) is 0 Å². The monoisotopic (exact) mass is 291 g/mol. The third kappa shape index (κ3) is 2.56. The van der Waals surface area contributed by atoms with Crippen LogP contribution in [0, 0.1) is 6.92 Å². The third-order valence-electron chi connectivity index (χ3n) is 3.78. The van der Waals surface area contributed by atoms with Crippen molar-refractivity contribution < 1.29 is 4.79 Å². The van der Waals surface area contributed by atoms with Gasteiger partial charge < -0.3 is 0 Å². The number of aryl methyl sites for hydroxylation is 1. The molecule has 1 unspecified atom stereocenters. The zero-order valence-electron chi connectivity index (χ0n) is 12.3. The molecule has 0 fully saturated rings. The van der Waals surface area contributed by atoms with Crippen molar-refractivity contribution in [2.24, 2.45) is 5.84 Å². The molecule has 0 spiro atoms. The Balaban J connectivity index is 2.18. The summed E-state index contributed by atoms with van der Waals surface area (Å²) in [7, 11) is 0. The van der Waals surface area contributed by atoms with Crippen molar-refractivity contribution in [2.75, 3.05) is 0 Å². The van der Waals surface area contributed by atoms with Gasteiger partial charge in [-0.25, -0.2) is 5.84 Å². The van der Waals surface area contributed by atoms with Crippen molar-refractivity contribution >= 4 is 16.8 Å². The zero-order chi connectivity index (χ0) is 15.5. The fraction of sp³-hybridized carbons (Fsp3) is 0.111. The van der Waals surface area contributed by atoms with Crippen LogP contribution in [0.1, 0.15) is 22.7 Å². The van der Waals surface area contributed by atoms with Crippen LogP contribution in [0.25, 0.3) is 10.9 Å². The average Bonchev–Trinajstić information content (AvgIpc) is 2.56. The van der Waals surface area contributed by atoms with Crippen molar-refractivity contribution in [1.82, 2.24) is 10.4 Å². The van der Waals surface area contributed by atoms with Crippen LogP contribution in [-0.2, 0) is 4.79 Å². The van der Waals surface area contributed by atoms with Crippen LogP contribution in [0.5, 0.6) is 0 Å². The Hall–Kier alpha value is -2.72. The molecule has 0 bridgehead atoms. The van der Waals surface area contributed by atoms with E-state index in [1.54, 1.807) is 0 Å². The van der Waals surface area contributed by atoms with Crippen molar-refractivity contribution in [2.45, 2.75) is 12.8 Å². The Labute approximate surface area is 129 Å². The van der Waals surface area contributed by atoms with Gasteiger partial charge >= 0.3 is 0 Å². The maximum absolute atomic E-state index is 12.3. The van der Waals surface area contributed by atoms with E-state index in [4.69, 9.17) is 5.84 Å². The van der Waals surface area contributed by atoms with Gasteiger partial charge in [0.1, 0.15) is 5.92 Å². The first-order valence-corrected chi connectivity index (χ1v) is 7.12. The van der Waals surface area contributed by atoms with Gasteiger partial charge in [-0.15, -0.1) is 0 Å². The summed E-state index contributed by atoms with van der Waals surface area (Å²) in [6, 6.07) is 19.4. The highest BCUT2D eigenvalue weighted by Gasteiger charge is 2.24. The number of rotatable bonds is 3. The maximum atomic E-state index is 12.3. The second-order valence-electron chi connectivity index (χ2n) is 5.23. The molecule has 1 aromatic heterocycles. The topological polar surface area (TPSA) is 68.0 Å². The van der Waals surface area contributed by atoms with Crippen LogP contribution in [0.3, 0.4) is 0 Å². The predicted molar refractivity (Wildman–Crippen MR) is 87.1 cm³/mol. The Morgan fingerprint density at radius 1 is 1.09 bits per heavy atom. The molecule has 1 atom stereocenters. The fourth-order valence-corrected chi connectivity index (χ4v) is 2.71. The molecule has 0 radical (unpaired) electrons. The normalized spacial score (nSPS) is 12.1. The van der Waals surface area contributed by atoms with E-state index in [0.29, 0.717) is 5.69 Å². The van der Waals surface area contributed by atoms with E-state index in [0.717, 1.165) is 22.0 Å². The molecule has 0 saturated carbocycles. The number of amides is 1. The fourth-order valence-electron chi connectivity index (χ4n) is 2.71. The van der Waals surface area contributed by atoms with Gasteiger partial charge in [0.2, 0.25) is 5.91 Å². The summed E-state index contributed by atoms with van der Waals surface area (Å²) in [5.74, 6) is 4.58. The van der Waals surface area contributed by atoms with Crippen LogP contribution in [0.2, 0.25) is 0 Å². The second-order valence-corrected chi connectivity index (χ2v) is 5.23. The number of benzene rings is 2. The molecular weight excluding hydrogens is 274 g/mol. The number of carbonyl (C=O) groups is 1. The van der Waals surface area contributed by atoms with Gasteiger partial charge in [0.05, 0.1) is 11.2 Å². The van der Waals surface area contributed by atoms with Gasteiger partial charge in [-0.05, 0) is 30.2 Å². The van der Waals surface area contributed by atoms with E-state index in [-0.39, 0.29) is 5.91 Å². The lowest BCUT2D eigenvalue weighted by Gasteiger charge is -2.17. The molecule has 4 heteroatoms. The number of hydrogen-bond donors (Lipinski definition) is 2. The van der Waals surface area contributed by atoms with Crippen molar-refractivity contribution in [3.63, 3.8) is 0 Å². The minimum absolute atomic E-state index is 0.270. The van der Waals surface area contributed by atoms with Crippen LogP contribution in [-0.4, -0.2) is 10.9 Å². The Morgan fingerprint density at radius 3 is 2.50 bits per heavy atom. The van der Waals surface area contributed by atoms with Crippen LogP contribution >= 0.6 is 0 Å². The SMILES string of the molecule is Cc1cc(C(C(=O)NN)c2ccccc2)nc2ccccc12. The molecule has 110 valence electrons. The quantitative estimate of drug-likeness (QED) is 0.443. The molecule has 0 saturated heterocycles. The van der Waals surface area contributed by atoms with Crippen molar-refractivity contribution in [1.29, 1.82) is 0 Å². The number of pyridine rings is 1. The highest BCUT2D eigenvalue weighted by atomic mass is 16.2. The Bertz CT molecular complexity index is 815. The van der Waals surface area contributed by atoms with E-state index < -0.39 is 5.92 Å². The minimum Gasteiger partial charge on any atom is -0.293 e. The number of carbonyl (C=O) groups excluding carboxylic acids is 1. The number of nitrogens with zero attached hydrogens (tertiary/aromatic N) is 1. The molecule has 3 aromatic rings. The molecule has 22 heavy (non-hydrogen) atoms. The zero-order valence-corrected chi connectivity index (χ0v) is 12.3. The smallest absolute Gasteiger partial charge is 0.247 e. The minimum atomic E-state index is -0.519. The highest BCUT2D eigenvalue weighted by molar-refractivity contribution is 5.88. The van der Waals surface area contributed by atoms with Crippen LogP contribution in [0.4, 0.5) is 0 Å². The second kappa shape index (κ2) is 5.95. The average molecular weight is 291 g/mol. The lowest BCUT2D eigenvalue weighted by atomic mass is 9.93. The molecule has 0 aliphatic heterocycles. The summed E-state index contributed by atoms with van der Waals surface area (Å²) in [5.41, 5.74) is 5.79. The summed E-state index contributed by atoms with van der Waals surface area (Å²) < 4.78 is 0. The first-order valence-electron chi connectivity index (χ1n) is 7.12. The first-order chi connectivity index (χ1) is 10.7. The van der Waals surface area contributed by atoms with Gasteiger partial charge in [-0.3, -0.25) is 15.2 Å². The number of nitrogens with two attached hydrogens (primary N) is 1. The van der Waals surface area contributed by atoms with Gasteiger partial charge in [-0.2, -0.15) is 0 Å². The Kier molecular flexibility index (Phi) is 3.85. The van der Waals surface area contributed by atoms with Crippen molar-refractivity contribution in [3.05, 3.63) is 77.5 Å². The summed E-state index contributed by atoms with van der Waals surface area (Å²) in [5, 5.41) is 1.09. The molecular formula is C18H17N3O. The number of fused-ring (bicyclic) bond motifs is 1. The van der Waals surface area contributed by atoms with Crippen molar-refractivity contribution in [3.8, 4) is 0 Å². The summed E-state index contributed by atoms with van der Waals surface area (Å²) in [4.78, 5) is 16.9. The molecule has 4 nitrogen and oxygen atoms in total. The first kappa shape index (κ1) is 14.2. The number of para-hydroxylation sites is 1. The molecule has 1 heterocycles. The predicted octanol–water partition coefficient (Wildman–Crippen LogP) is 2.67. The molecule has 3 N–H and O–H groups in total. The van der Waals surface area contributed by atoms with Gasteiger partial charge in [0.25, 0.3) is 0 Å². The van der Waals surface area contributed by atoms with Crippen LogP contribution in [0.15, 0.2) is 60.7 Å². The highest BCUT2D eigenvalue weighted by Crippen LogP contribution is 2.27. The van der Waals surface area contributed by atoms with Crippen LogP contribution < -0.4 is 11.3 Å². The van der Waals surface area contributed by atoms with E-state index in [2.05, 4.69) is 10.4 Å².